The van der Waals surface area contributed by atoms with Crippen molar-refractivity contribution < 1.29 is 27.6 Å². The standard InChI is InChI=1S/C16H14F3NO4S/c1-23-14-8-12(7-13(20(21)22)15(14)24-2)25-9-10-3-5-11(6-4-10)16(17,18)19/h3-8H,9H2,1-2H3. The Morgan fingerprint density at radius 2 is 1.76 bits per heavy atom. The molecular formula is C16H14F3NO4S. The monoisotopic (exact) mass is 373 g/mol. The van der Waals surface area contributed by atoms with Crippen molar-refractivity contribution >= 4 is 17.4 Å². The Balaban J connectivity index is 2.20. The number of nitrogens with zero attached hydrogens (tertiary/aromatic N) is 1. The Bertz CT molecular complexity index is 763. The summed E-state index contributed by atoms with van der Waals surface area (Å²) >= 11 is 1.25. The van der Waals surface area contributed by atoms with E-state index in [9.17, 15) is 23.3 Å². The van der Waals surface area contributed by atoms with E-state index in [1.54, 1.807) is 6.07 Å². The van der Waals surface area contributed by atoms with Crippen LogP contribution in [0.1, 0.15) is 11.1 Å². The molecule has 2 aromatic carbocycles. The van der Waals surface area contributed by atoms with Crippen molar-refractivity contribution in [3.8, 4) is 11.5 Å². The molecule has 0 radical (unpaired) electrons. The zero-order chi connectivity index (χ0) is 18.6. The lowest BCUT2D eigenvalue weighted by molar-refractivity contribution is -0.386. The number of ether oxygens (including phenoxy) is 2. The van der Waals surface area contributed by atoms with E-state index in [0.29, 0.717) is 16.2 Å². The summed E-state index contributed by atoms with van der Waals surface area (Å²) in [4.78, 5) is 11.1. The molecule has 0 spiro atoms. The molecule has 134 valence electrons. The van der Waals surface area contributed by atoms with Crippen LogP contribution in [-0.2, 0) is 11.9 Å². The average molecular weight is 373 g/mol. The normalized spacial score (nSPS) is 11.2. The van der Waals surface area contributed by atoms with Gasteiger partial charge in [0.15, 0.2) is 5.75 Å². The van der Waals surface area contributed by atoms with Gasteiger partial charge in [0.05, 0.1) is 24.7 Å². The Morgan fingerprint density at radius 1 is 1.12 bits per heavy atom. The van der Waals surface area contributed by atoms with Crippen molar-refractivity contribution in [1.82, 2.24) is 0 Å². The molecule has 0 aliphatic rings. The topological polar surface area (TPSA) is 61.6 Å². The fourth-order valence-electron chi connectivity index (χ4n) is 2.10. The van der Waals surface area contributed by atoms with Crippen LogP contribution in [0.3, 0.4) is 0 Å². The van der Waals surface area contributed by atoms with E-state index in [-0.39, 0.29) is 17.2 Å². The highest BCUT2D eigenvalue weighted by atomic mass is 32.2. The summed E-state index contributed by atoms with van der Waals surface area (Å²) in [6.45, 7) is 0. The molecule has 0 N–H and O–H groups in total. The largest absolute Gasteiger partial charge is 0.493 e. The predicted octanol–water partition coefficient (Wildman–Crippen LogP) is 4.92. The van der Waals surface area contributed by atoms with Gasteiger partial charge >= 0.3 is 11.9 Å². The van der Waals surface area contributed by atoms with Gasteiger partial charge in [-0.25, -0.2) is 0 Å². The summed E-state index contributed by atoms with van der Waals surface area (Å²) in [5, 5.41) is 11.2. The number of hydrogen-bond donors (Lipinski definition) is 0. The van der Waals surface area contributed by atoms with Gasteiger partial charge in [-0.05, 0) is 23.8 Å². The van der Waals surface area contributed by atoms with Crippen molar-refractivity contribution in [2.75, 3.05) is 14.2 Å². The van der Waals surface area contributed by atoms with Crippen molar-refractivity contribution in [1.29, 1.82) is 0 Å². The zero-order valence-corrected chi connectivity index (χ0v) is 14.1. The highest BCUT2D eigenvalue weighted by Crippen LogP contribution is 2.41. The Kier molecular flexibility index (Phi) is 5.78. The molecule has 0 unspecified atom stereocenters. The van der Waals surface area contributed by atoms with E-state index in [4.69, 9.17) is 9.47 Å². The average Bonchev–Trinajstić information content (AvgIpc) is 2.58. The molecule has 0 fully saturated rings. The van der Waals surface area contributed by atoms with Gasteiger partial charge in [-0.2, -0.15) is 13.2 Å². The van der Waals surface area contributed by atoms with Gasteiger partial charge < -0.3 is 9.47 Å². The first-order chi connectivity index (χ1) is 11.8. The molecular weight excluding hydrogens is 359 g/mol. The van der Waals surface area contributed by atoms with Gasteiger partial charge in [0.1, 0.15) is 0 Å². The van der Waals surface area contributed by atoms with Gasteiger partial charge in [0, 0.05) is 16.7 Å². The lowest BCUT2D eigenvalue weighted by Crippen LogP contribution is -2.04. The Hall–Kier alpha value is -2.42. The van der Waals surface area contributed by atoms with Crippen LogP contribution in [-0.4, -0.2) is 19.1 Å². The number of rotatable bonds is 6. The van der Waals surface area contributed by atoms with Crippen LogP contribution >= 0.6 is 11.8 Å². The van der Waals surface area contributed by atoms with Crippen LogP contribution in [0, 0.1) is 10.1 Å². The number of hydrogen-bond acceptors (Lipinski definition) is 5. The molecule has 0 saturated carbocycles. The Labute approximate surface area is 145 Å². The van der Waals surface area contributed by atoms with Crippen LogP contribution in [0.25, 0.3) is 0 Å². The van der Waals surface area contributed by atoms with Gasteiger partial charge in [-0.15, -0.1) is 11.8 Å². The summed E-state index contributed by atoms with van der Waals surface area (Å²) in [5.41, 5.74) is -0.296. The van der Waals surface area contributed by atoms with Crippen molar-refractivity contribution in [3.05, 3.63) is 57.6 Å². The SMILES string of the molecule is COc1cc(SCc2ccc(C(F)(F)F)cc2)cc([N+](=O)[O-])c1OC. The van der Waals surface area contributed by atoms with Gasteiger partial charge in [-0.3, -0.25) is 10.1 Å². The van der Waals surface area contributed by atoms with E-state index < -0.39 is 16.7 Å². The van der Waals surface area contributed by atoms with Crippen LogP contribution < -0.4 is 9.47 Å². The molecule has 25 heavy (non-hydrogen) atoms. The zero-order valence-electron chi connectivity index (χ0n) is 13.3. The second kappa shape index (κ2) is 7.64. The lowest BCUT2D eigenvalue weighted by atomic mass is 10.1. The predicted molar refractivity (Wildman–Crippen MR) is 87.2 cm³/mol. The van der Waals surface area contributed by atoms with Crippen LogP contribution in [0.15, 0.2) is 41.3 Å². The maximum atomic E-state index is 12.6. The number of halogens is 3. The van der Waals surface area contributed by atoms with Gasteiger partial charge in [0.2, 0.25) is 5.75 Å². The van der Waals surface area contributed by atoms with Crippen molar-refractivity contribution in [2.24, 2.45) is 0 Å². The molecule has 2 rings (SSSR count). The second-order valence-electron chi connectivity index (χ2n) is 4.92. The number of methoxy groups -OCH3 is 2. The van der Waals surface area contributed by atoms with Crippen LogP contribution in [0.2, 0.25) is 0 Å². The molecule has 0 bridgehead atoms. The van der Waals surface area contributed by atoms with Crippen molar-refractivity contribution in [2.45, 2.75) is 16.8 Å². The summed E-state index contributed by atoms with van der Waals surface area (Å²) < 4.78 is 47.8. The molecule has 0 aliphatic carbocycles. The fraction of sp³-hybridized carbons (Fsp3) is 0.250. The number of thioether (sulfide) groups is 1. The molecule has 5 nitrogen and oxygen atoms in total. The quantitative estimate of drug-likeness (QED) is 0.408. The number of benzene rings is 2. The Morgan fingerprint density at radius 3 is 2.24 bits per heavy atom. The summed E-state index contributed by atoms with van der Waals surface area (Å²) in [7, 11) is 2.67. The maximum absolute atomic E-state index is 12.6. The smallest absolute Gasteiger partial charge is 0.416 e. The van der Waals surface area contributed by atoms with Crippen LogP contribution in [0.4, 0.5) is 18.9 Å². The first-order valence-electron chi connectivity index (χ1n) is 6.95. The third-order valence-electron chi connectivity index (χ3n) is 3.32. The van der Waals surface area contributed by atoms with Crippen LogP contribution in [0.5, 0.6) is 11.5 Å². The minimum absolute atomic E-state index is 0.0198. The van der Waals surface area contributed by atoms with E-state index in [1.165, 1.54) is 44.2 Å². The molecule has 0 saturated heterocycles. The first kappa shape index (κ1) is 18.9. The van der Waals surface area contributed by atoms with Gasteiger partial charge in [-0.1, -0.05) is 12.1 Å². The van der Waals surface area contributed by atoms with Crippen molar-refractivity contribution in [3.63, 3.8) is 0 Å². The molecule has 0 aromatic heterocycles. The molecule has 0 aliphatic heterocycles. The molecule has 0 atom stereocenters. The summed E-state index contributed by atoms with van der Waals surface area (Å²) in [6.07, 6.45) is -4.38. The number of nitro benzene ring substituents is 1. The van der Waals surface area contributed by atoms with Gasteiger partial charge in [0.25, 0.3) is 0 Å². The minimum Gasteiger partial charge on any atom is -0.493 e. The maximum Gasteiger partial charge on any atom is 0.416 e. The minimum atomic E-state index is -4.38. The second-order valence-corrected chi connectivity index (χ2v) is 5.97. The first-order valence-corrected chi connectivity index (χ1v) is 7.94. The van der Waals surface area contributed by atoms with E-state index >= 15 is 0 Å². The summed E-state index contributed by atoms with van der Waals surface area (Å²) in [5.74, 6) is 0.586. The van der Waals surface area contributed by atoms with E-state index in [0.717, 1.165) is 12.1 Å². The van der Waals surface area contributed by atoms with E-state index in [1.807, 2.05) is 0 Å². The number of nitro groups is 1. The third kappa shape index (κ3) is 4.56. The third-order valence-corrected chi connectivity index (χ3v) is 4.36. The molecule has 0 amide bonds. The highest BCUT2D eigenvalue weighted by molar-refractivity contribution is 7.98. The molecule has 2 aromatic rings. The number of alkyl halides is 3. The fourth-order valence-corrected chi connectivity index (χ4v) is 3.01. The molecule has 0 heterocycles. The molecule has 9 heteroatoms. The lowest BCUT2D eigenvalue weighted by Gasteiger charge is -2.11. The van der Waals surface area contributed by atoms with E-state index in [2.05, 4.69) is 0 Å². The highest BCUT2D eigenvalue weighted by Gasteiger charge is 2.30. The summed E-state index contributed by atoms with van der Waals surface area (Å²) in [6, 6.07) is 7.70.